The zero-order chi connectivity index (χ0) is 17.1. The summed E-state index contributed by atoms with van der Waals surface area (Å²) in [5.74, 6) is 0.586. The lowest BCUT2D eigenvalue weighted by Gasteiger charge is -2.03. The summed E-state index contributed by atoms with van der Waals surface area (Å²) in [7, 11) is 1.63. The summed E-state index contributed by atoms with van der Waals surface area (Å²) in [5, 5.41) is 3.53. The summed E-state index contributed by atoms with van der Waals surface area (Å²) in [6.07, 6.45) is 1.63. The number of pyridine rings is 1. The minimum atomic E-state index is -0.207. The number of anilines is 1. The third-order valence-corrected chi connectivity index (χ3v) is 4.71. The zero-order valence-electron chi connectivity index (χ0n) is 13.2. The van der Waals surface area contributed by atoms with Crippen molar-refractivity contribution in [1.82, 2.24) is 10.3 Å². The van der Waals surface area contributed by atoms with E-state index < -0.39 is 0 Å². The Morgan fingerprint density at radius 1 is 1.33 bits per heavy atom. The lowest BCUT2D eigenvalue weighted by molar-refractivity contribution is 0.0963. The summed E-state index contributed by atoms with van der Waals surface area (Å²) in [4.78, 5) is 18.0. The van der Waals surface area contributed by atoms with E-state index in [-0.39, 0.29) is 5.91 Å². The average Bonchev–Trinajstić information content (AvgIpc) is 2.96. The lowest BCUT2D eigenvalue weighted by atomic mass is 10.1. The predicted molar refractivity (Wildman–Crippen MR) is 98.6 cm³/mol. The lowest BCUT2D eigenvalue weighted by Crippen LogP contribution is -2.22. The van der Waals surface area contributed by atoms with Gasteiger partial charge in [-0.3, -0.25) is 4.79 Å². The van der Waals surface area contributed by atoms with Crippen LogP contribution in [0.1, 0.15) is 9.67 Å². The van der Waals surface area contributed by atoms with Gasteiger partial charge in [0.05, 0.1) is 18.5 Å². The fourth-order valence-electron chi connectivity index (χ4n) is 2.33. The van der Waals surface area contributed by atoms with Crippen molar-refractivity contribution in [3.8, 4) is 17.0 Å². The molecule has 0 aliphatic carbocycles. The number of carbonyl (C=O) groups is 1. The normalized spacial score (nSPS) is 10.5. The van der Waals surface area contributed by atoms with Gasteiger partial charge >= 0.3 is 0 Å². The maximum Gasteiger partial charge on any atom is 0.263 e. The Kier molecular flexibility index (Phi) is 4.48. The van der Waals surface area contributed by atoms with E-state index in [2.05, 4.69) is 16.9 Å². The summed E-state index contributed by atoms with van der Waals surface area (Å²) < 4.78 is 5.17. The Morgan fingerprint density at radius 2 is 2.08 bits per heavy atom. The highest BCUT2D eigenvalue weighted by molar-refractivity contribution is 7.21. The monoisotopic (exact) mass is 339 g/mol. The van der Waals surface area contributed by atoms with Crippen LogP contribution in [0, 0.1) is 0 Å². The van der Waals surface area contributed by atoms with Crippen molar-refractivity contribution in [2.45, 2.75) is 0 Å². The van der Waals surface area contributed by atoms with Gasteiger partial charge in [0.2, 0.25) is 0 Å². The molecule has 24 heavy (non-hydrogen) atoms. The summed E-state index contributed by atoms with van der Waals surface area (Å²) >= 11 is 1.29. The molecule has 3 aromatic rings. The SMILES string of the molecule is C=CCNC(=O)c1sc2nc(-c3ccc(OC)cc3)ccc2c1N. The zero-order valence-corrected chi connectivity index (χ0v) is 14.0. The first-order valence-electron chi connectivity index (χ1n) is 7.36. The number of fused-ring (bicyclic) bond motifs is 1. The number of ether oxygens (including phenoxy) is 1. The van der Waals surface area contributed by atoms with Gasteiger partial charge in [0.15, 0.2) is 0 Å². The summed E-state index contributed by atoms with van der Waals surface area (Å²) in [6.45, 7) is 3.98. The highest BCUT2D eigenvalue weighted by Crippen LogP contribution is 2.34. The van der Waals surface area contributed by atoms with E-state index in [1.54, 1.807) is 13.2 Å². The Hall–Kier alpha value is -2.86. The highest BCUT2D eigenvalue weighted by Gasteiger charge is 2.17. The molecule has 1 amide bonds. The van der Waals surface area contributed by atoms with Gasteiger partial charge in [-0.1, -0.05) is 6.08 Å². The quantitative estimate of drug-likeness (QED) is 0.698. The molecule has 0 saturated heterocycles. The Labute approximate surface area is 143 Å². The van der Waals surface area contributed by atoms with Gasteiger partial charge in [0.25, 0.3) is 5.91 Å². The predicted octanol–water partition coefficient (Wildman–Crippen LogP) is 3.47. The molecule has 122 valence electrons. The first-order valence-corrected chi connectivity index (χ1v) is 8.18. The molecule has 0 aliphatic rings. The fraction of sp³-hybridized carbons (Fsp3) is 0.111. The van der Waals surface area contributed by atoms with Gasteiger partial charge in [-0.15, -0.1) is 17.9 Å². The minimum absolute atomic E-state index is 0.207. The second-order valence-corrected chi connectivity index (χ2v) is 6.12. The number of nitrogens with one attached hydrogen (secondary N) is 1. The van der Waals surface area contributed by atoms with Crippen LogP contribution in [0.15, 0.2) is 49.1 Å². The number of benzene rings is 1. The smallest absolute Gasteiger partial charge is 0.263 e. The average molecular weight is 339 g/mol. The van der Waals surface area contributed by atoms with Crippen molar-refractivity contribution >= 4 is 33.1 Å². The Morgan fingerprint density at radius 3 is 2.75 bits per heavy atom. The molecule has 0 saturated carbocycles. The van der Waals surface area contributed by atoms with Crippen molar-refractivity contribution < 1.29 is 9.53 Å². The van der Waals surface area contributed by atoms with Crippen LogP contribution >= 0.6 is 11.3 Å². The number of nitrogens with two attached hydrogens (primary N) is 1. The summed E-state index contributed by atoms with van der Waals surface area (Å²) in [6, 6.07) is 11.5. The number of rotatable bonds is 5. The van der Waals surface area contributed by atoms with Crippen LogP contribution in [-0.4, -0.2) is 24.5 Å². The maximum absolute atomic E-state index is 12.1. The third-order valence-electron chi connectivity index (χ3n) is 3.59. The van der Waals surface area contributed by atoms with E-state index in [9.17, 15) is 4.79 Å². The van der Waals surface area contributed by atoms with E-state index in [4.69, 9.17) is 10.5 Å². The van der Waals surface area contributed by atoms with Crippen LogP contribution < -0.4 is 15.8 Å². The van der Waals surface area contributed by atoms with Crippen LogP contribution in [-0.2, 0) is 0 Å². The topological polar surface area (TPSA) is 77.2 Å². The molecule has 1 aromatic carbocycles. The molecule has 6 heteroatoms. The molecule has 0 unspecified atom stereocenters. The molecule has 0 bridgehead atoms. The molecule has 2 aromatic heterocycles. The van der Waals surface area contributed by atoms with Crippen LogP contribution in [0.5, 0.6) is 5.75 Å². The largest absolute Gasteiger partial charge is 0.497 e. The number of nitrogens with zero attached hydrogens (tertiary/aromatic N) is 1. The van der Waals surface area contributed by atoms with Gasteiger partial charge < -0.3 is 15.8 Å². The molecule has 3 N–H and O–H groups in total. The number of aromatic nitrogens is 1. The van der Waals surface area contributed by atoms with Crippen molar-refractivity contribution in [2.24, 2.45) is 0 Å². The standard InChI is InChI=1S/C18H17N3O2S/c1-3-10-20-17(22)16-15(19)13-8-9-14(21-18(13)24-16)11-4-6-12(23-2)7-5-11/h3-9H,1,10,19H2,2H3,(H,20,22). The first-order chi connectivity index (χ1) is 11.6. The van der Waals surface area contributed by atoms with Gasteiger partial charge in [-0.2, -0.15) is 0 Å². The number of nitrogen functional groups attached to an aromatic ring is 1. The fourth-order valence-corrected chi connectivity index (χ4v) is 3.34. The number of thiophene rings is 1. The van der Waals surface area contributed by atoms with Crippen LogP contribution in [0.2, 0.25) is 0 Å². The Bertz CT molecular complexity index is 901. The second-order valence-electron chi connectivity index (χ2n) is 5.12. The number of methoxy groups -OCH3 is 1. The molecular formula is C18H17N3O2S. The first kappa shape index (κ1) is 16.0. The van der Waals surface area contributed by atoms with Crippen molar-refractivity contribution in [2.75, 3.05) is 19.4 Å². The van der Waals surface area contributed by atoms with Crippen molar-refractivity contribution in [3.63, 3.8) is 0 Å². The Balaban J connectivity index is 1.98. The molecular weight excluding hydrogens is 322 g/mol. The van der Waals surface area contributed by atoms with E-state index in [0.29, 0.717) is 17.1 Å². The molecule has 3 rings (SSSR count). The third kappa shape index (κ3) is 2.96. The van der Waals surface area contributed by atoms with Gasteiger partial charge in [0.1, 0.15) is 15.5 Å². The van der Waals surface area contributed by atoms with Gasteiger partial charge in [-0.05, 0) is 36.4 Å². The van der Waals surface area contributed by atoms with Crippen LogP contribution in [0.25, 0.3) is 21.5 Å². The molecule has 2 heterocycles. The van der Waals surface area contributed by atoms with Crippen molar-refractivity contribution in [1.29, 1.82) is 0 Å². The van der Waals surface area contributed by atoms with Crippen LogP contribution in [0.4, 0.5) is 5.69 Å². The molecule has 0 atom stereocenters. The van der Waals surface area contributed by atoms with E-state index >= 15 is 0 Å². The number of hydrogen-bond acceptors (Lipinski definition) is 5. The highest BCUT2D eigenvalue weighted by atomic mass is 32.1. The number of amides is 1. The molecule has 0 radical (unpaired) electrons. The van der Waals surface area contributed by atoms with E-state index in [1.165, 1.54) is 11.3 Å². The molecule has 5 nitrogen and oxygen atoms in total. The van der Waals surface area contributed by atoms with Gasteiger partial charge in [-0.25, -0.2) is 4.98 Å². The van der Waals surface area contributed by atoms with E-state index in [0.717, 1.165) is 27.2 Å². The molecule has 0 aliphatic heterocycles. The maximum atomic E-state index is 12.1. The molecule has 0 spiro atoms. The molecule has 0 fully saturated rings. The van der Waals surface area contributed by atoms with Gasteiger partial charge in [0, 0.05) is 17.5 Å². The number of carbonyl (C=O) groups excluding carboxylic acids is 1. The number of hydrogen-bond donors (Lipinski definition) is 2. The summed E-state index contributed by atoms with van der Waals surface area (Å²) in [5.41, 5.74) is 8.37. The second kappa shape index (κ2) is 6.72. The minimum Gasteiger partial charge on any atom is -0.497 e. The van der Waals surface area contributed by atoms with Crippen molar-refractivity contribution in [3.05, 3.63) is 53.9 Å². The van der Waals surface area contributed by atoms with Crippen LogP contribution in [0.3, 0.4) is 0 Å². The van der Waals surface area contributed by atoms with E-state index in [1.807, 2.05) is 36.4 Å².